The summed E-state index contributed by atoms with van der Waals surface area (Å²) in [4.78, 5) is 19.0. The summed E-state index contributed by atoms with van der Waals surface area (Å²) >= 11 is 0. The zero-order chi connectivity index (χ0) is 20.5. The van der Waals surface area contributed by atoms with Crippen molar-refractivity contribution in [2.45, 2.75) is 32.5 Å². The predicted octanol–water partition coefficient (Wildman–Crippen LogP) is 2.44. The number of carbonyl (C=O) groups excluding carboxylic acids is 1. The molecule has 7 nitrogen and oxygen atoms in total. The number of rotatable bonds is 4. The average Bonchev–Trinajstić information content (AvgIpc) is 2.58. The van der Waals surface area contributed by atoms with Crippen LogP contribution >= 0.6 is 0 Å². The van der Waals surface area contributed by atoms with E-state index in [9.17, 15) is 13.2 Å². The summed E-state index contributed by atoms with van der Waals surface area (Å²) in [5, 5.41) is 0.709. The molecule has 1 atom stereocenters. The molecular formula is C20H26N2O5S. The number of sulfone groups is 1. The Morgan fingerprint density at radius 3 is 2.75 bits per heavy atom. The fourth-order valence-corrected chi connectivity index (χ4v) is 4.11. The minimum atomic E-state index is -3.12. The third kappa shape index (κ3) is 5.20. The summed E-state index contributed by atoms with van der Waals surface area (Å²) in [6.45, 7) is 7.05. The SMILES string of the molecule is CC(C)(C)OC(=O)c1ccnc2ccc(N3CCO[C@H](CS(C)(=O)=O)C3)cc12. The molecule has 1 fully saturated rings. The Balaban J connectivity index is 1.91. The Hall–Kier alpha value is -2.19. The highest BCUT2D eigenvalue weighted by molar-refractivity contribution is 7.90. The quantitative estimate of drug-likeness (QED) is 0.721. The van der Waals surface area contributed by atoms with E-state index in [1.54, 1.807) is 12.3 Å². The van der Waals surface area contributed by atoms with Crippen LogP contribution in [0.1, 0.15) is 31.1 Å². The summed E-state index contributed by atoms with van der Waals surface area (Å²) in [5.74, 6) is -0.407. The minimum absolute atomic E-state index is 0.0121. The first-order valence-electron chi connectivity index (χ1n) is 9.18. The number of aromatic nitrogens is 1. The number of carbonyl (C=O) groups is 1. The monoisotopic (exact) mass is 406 g/mol. The molecule has 0 saturated carbocycles. The van der Waals surface area contributed by atoms with Gasteiger partial charge >= 0.3 is 5.97 Å². The predicted molar refractivity (Wildman–Crippen MR) is 109 cm³/mol. The normalized spacial score (nSPS) is 18.3. The summed E-state index contributed by atoms with van der Waals surface area (Å²) < 4.78 is 34.3. The molecule has 1 aromatic heterocycles. The molecule has 0 N–H and O–H groups in total. The first kappa shape index (κ1) is 20.5. The molecule has 28 heavy (non-hydrogen) atoms. The van der Waals surface area contributed by atoms with Gasteiger partial charge in [0, 0.05) is 36.6 Å². The van der Waals surface area contributed by atoms with Gasteiger partial charge in [0.1, 0.15) is 15.4 Å². The Kier molecular flexibility index (Phi) is 5.63. The lowest BCUT2D eigenvalue weighted by atomic mass is 10.1. The maximum absolute atomic E-state index is 12.6. The van der Waals surface area contributed by atoms with E-state index in [1.165, 1.54) is 6.26 Å². The maximum atomic E-state index is 12.6. The molecule has 3 rings (SSSR count). The largest absolute Gasteiger partial charge is 0.456 e. The fourth-order valence-electron chi connectivity index (χ4n) is 3.23. The van der Waals surface area contributed by atoms with E-state index < -0.39 is 21.4 Å². The van der Waals surface area contributed by atoms with Crippen molar-refractivity contribution in [1.29, 1.82) is 0 Å². The standard InChI is InChI=1S/C20H26N2O5S/c1-20(2,3)27-19(23)16-7-8-21-18-6-5-14(11-17(16)18)22-9-10-26-15(12-22)13-28(4,24)25/h5-8,11,15H,9-10,12-13H2,1-4H3/t15-/m0/s1. The first-order chi connectivity index (χ1) is 13.0. The lowest BCUT2D eigenvalue weighted by molar-refractivity contribution is 0.00716. The van der Waals surface area contributed by atoms with Gasteiger partial charge in [-0.1, -0.05) is 0 Å². The minimum Gasteiger partial charge on any atom is -0.456 e. The van der Waals surface area contributed by atoms with Crippen LogP contribution in [-0.2, 0) is 19.3 Å². The molecule has 2 aromatic rings. The lowest BCUT2D eigenvalue weighted by Crippen LogP contribution is -2.45. The Bertz CT molecular complexity index is 982. The number of hydrogen-bond acceptors (Lipinski definition) is 7. The number of morpholine rings is 1. The molecule has 0 unspecified atom stereocenters. The van der Waals surface area contributed by atoms with Crippen LogP contribution in [0.15, 0.2) is 30.5 Å². The molecule has 1 aliphatic rings. The summed E-state index contributed by atoms with van der Waals surface area (Å²) in [7, 11) is -3.12. The van der Waals surface area contributed by atoms with Gasteiger partial charge in [-0.05, 0) is 45.0 Å². The molecule has 8 heteroatoms. The van der Waals surface area contributed by atoms with E-state index in [0.717, 1.165) is 5.69 Å². The first-order valence-corrected chi connectivity index (χ1v) is 11.2. The van der Waals surface area contributed by atoms with Gasteiger partial charge in [0.05, 0.1) is 29.5 Å². The number of fused-ring (bicyclic) bond motifs is 1. The van der Waals surface area contributed by atoms with E-state index in [2.05, 4.69) is 9.88 Å². The molecule has 152 valence electrons. The van der Waals surface area contributed by atoms with Crippen molar-refractivity contribution in [3.63, 3.8) is 0 Å². The van der Waals surface area contributed by atoms with Crippen LogP contribution in [0.2, 0.25) is 0 Å². The summed E-state index contributed by atoms with van der Waals surface area (Å²) in [5.41, 5.74) is 1.47. The highest BCUT2D eigenvalue weighted by atomic mass is 32.2. The van der Waals surface area contributed by atoms with Gasteiger partial charge in [-0.2, -0.15) is 0 Å². The van der Waals surface area contributed by atoms with E-state index in [-0.39, 0.29) is 11.9 Å². The van der Waals surface area contributed by atoms with Crippen molar-refractivity contribution < 1.29 is 22.7 Å². The summed E-state index contributed by atoms with van der Waals surface area (Å²) in [6.07, 6.45) is 2.43. The molecule has 0 radical (unpaired) electrons. The molecule has 1 saturated heterocycles. The van der Waals surface area contributed by atoms with Crippen LogP contribution in [-0.4, -0.2) is 62.8 Å². The summed E-state index contributed by atoms with van der Waals surface area (Å²) in [6, 6.07) is 7.35. The second-order valence-corrected chi connectivity index (χ2v) is 10.3. The Morgan fingerprint density at radius 1 is 1.32 bits per heavy atom. The van der Waals surface area contributed by atoms with Gasteiger partial charge < -0.3 is 14.4 Å². The van der Waals surface area contributed by atoms with E-state index in [0.29, 0.717) is 36.2 Å². The van der Waals surface area contributed by atoms with E-state index in [1.807, 2.05) is 39.0 Å². The van der Waals surface area contributed by atoms with Crippen LogP contribution in [0.5, 0.6) is 0 Å². The zero-order valence-electron chi connectivity index (χ0n) is 16.6. The number of pyridine rings is 1. The number of hydrogen-bond donors (Lipinski definition) is 0. The third-order valence-electron chi connectivity index (χ3n) is 4.34. The Morgan fingerprint density at radius 2 is 2.07 bits per heavy atom. The molecule has 0 spiro atoms. The molecule has 1 aliphatic heterocycles. The second kappa shape index (κ2) is 7.67. The highest BCUT2D eigenvalue weighted by Gasteiger charge is 2.25. The number of anilines is 1. The zero-order valence-corrected chi connectivity index (χ0v) is 17.5. The molecule has 1 aromatic carbocycles. The van der Waals surface area contributed by atoms with Crippen LogP contribution in [0.3, 0.4) is 0 Å². The molecule has 0 aliphatic carbocycles. The van der Waals surface area contributed by atoms with Crippen molar-refractivity contribution >= 4 is 32.4 Å². The number of nitrogens with zero attached hydrogens (tertiary/aromatic N) is 2. The molecular weight excluding hydrogens is 380 g/mol. The van der Waals surface area contributed by atoms with Gasteiger partial charge in [0.25, 0.3) is 0 Å². The van der Waals surface area contributed by atoms with Gasteiger partial charge in [0.2, 0.25) is 0 Å². The number of ether oxygens (including phenoxy) is 2. The van der Waals surface area contributed by atoms with Crippen LogP contribution in [0.25, 0.3) is 10.9 Å². The van der Waals surface area contributed by atoms with Crippen LogP contribution < -0.4 is 4.90 Å². The third-order valence-corrected chi connectivity index (χ3v) is 5.31. The van der Waals surface area contributed by atoms with Crippen LogP contribution in [0, 0.1) is 0 Å². The van der Waals surface area contributed by atoms with Gasteiger partial charge in [-0.25, -0.2) is 13.2 Å². The van der Waals surface area contributed by atoms with E-state index in [4.69, 9.17) is 9.47 Å². The van der Waals surface area contributed by atoms with Crippen molar-refractivity contribution in [2.24, 2.45) is 0 Å². The number of benzene rings is 1. The lowest BCUT2D eigenvalue weighted by Gasteiger charge is -2.34. The maximum Gasteiger partial charge on any atom is 0.339 e. The van der Waals surface area contributed by atoms with Crippen molar-refractivity contribution in [2.75, 3.05) is 36.6 Å². The molecule has 0 amide bonds. The van der Waals surface area contributed by atoms with Gasteiger partial charge in [0.15, 0.2) is 0 Å². The smallest absolute Gasteiger partial charge is 0.339 e. The van der Waals surface area contributed by atoms with Crippen molar-refractivity contribution in [3.8, 4) is 0 Å². The topological polar surface area (TPSA) is 85.8 Å². The van der Waals surface area contributed by atoms with Crippen LogP contribution in [0.4, 0.5) is 5.69 Å². The van der Waals surface area contributed by atoms with Gasteiger partial charge in [-0.15, -0.1) is 0 Å². The van der Waals surface area contributed by atoms with E-state index >= 15 is 0 Å². The highest BCUT2D eigenvalue weighted by Crippen LogP contribution is 2.26. The van der Waals surface area contributed by atoms with Crippen molar-refractivity contribution in [1.82, 2.24) is 4.98 Å². The second-order valence-electron chi connectivity index (χ2n) is 8.09. The van der Waals surface area contributed by atoms with Crippen molar-refractivity contribution in [3.05, 3.63) is 36.0 Å². The number of esters is 1. The molecule has 2 heterocycles. The fraction of sp³-hybridized carbons (Fsp3) is 0.500. The average molecular weight is 407 g/mol. The van der Waals surface area contributed by atoms with Gasteiger partial charge in [-0.3, -0.25) is 4.98 Å². The molecule has 0 bridgehead atoms. The Labute approximate surface area is 165 Å².